The summed E-state index contributed by atoms with van der Waals surface area (Å²) in [5.74, 6) is 2.98. The molecule has 0 saturated heterocycles. The van der Waals surface area contributed by atoms with Crippen molar-refractivity contribution in [2.75, 3.05) is 0 Å². The average Bonchev–Trinajstić information content (AvgIpc) is 2.14. The first kappa shape index (κ1) is 12.0. The van der Waals surface area contributed by atoms with Crippen LogP contribution in [0.2, 0.25) is 24.7 Å². The normalized spacial score (nSPS) is 11.2. The van der Waals surface area contributed by atoms with Gasteiger partial charge in [0.15, 0.2) is 0 Å². The maximum absolute atomic E-state index is 5.76. The Bertz CT molecular complexity index is 404. The highest BCUT2D eigenvalue weighted by atomic mass is 35.5. The van der Waals surface area contributed by atoms with E-state index >= 15 is 0 Å². The first-order chi connectivity index (χ1) is 6.97. The van der Waals surface area contributed by atoms with Crippen LogP contribution in [0.25, 0.3) is 0 Å². The Hall–Kier alpha value is -1.04. The predicted molar refractivity (Wildman–Crippen MR) is 70.7 cm³/mol. The molecule has 0 aliphatic carbocycles. The zero-order valence-corrected chi connectivity index (χ0v) is 11.0. The molecule has 3 heteroatoms. The van der Waals surface area contributed by atoms with Crippen molar-refractivity contribution in [3.8, 4) is 11.5 Å². The topological polar surface area (TPSA) is 12.4 Å². The van der Waals surface area contributed by atoms with Crippen LogP contribution in [0, 0.1) is 11.5 Å². The van der Waals surface area contributed by atoms with Crippen molar-refractivity contribution in [1.29, 1.82) is 0 Å². The summed E-state index contributed by atoms with van der Waals surface area (Å²) in [6.45, 7) is 6.61. The first-order valence-electron chi connectivity index (χ1n) is 4.78. The summed E-state index contributed by atoms with van der Waals surface area (Å²) < 4.78 is 0. The zero-order chi connectivity index (χ0) is 11.3. The van der Waals surface area contributed by atoms with E-state index in [-0.39, 0.29) is 0 Å². The summed E-state index contributed by atoms with van der Waals surface area (Å²) in [6, 6.07) is 7.38. The summed E-state index contributed by atoms with van der Waals surface area (Å²) in [7, 11) is -1.28. The molecular formula is C12H14ClNSi. The van der Waals surface area contributed by atoms with E-state index in [1.807, 2.05) is 24.3 Å². The lowest BCUT2D eigenvalue weighted by Crippen LogP contribution is -2.16. The number of rotatable bonds is 1. The third kappa shape index (κ3) is 5.41. The summed E-state index contributed by atoms with van der Waals surface area (Å²) in [5, 5.41) is 0.724. The molecule has 0 bridgehead atoms. The predicted octanol–water partition coefficient (Wildman–Crippen LogP) is 3.92. The highest BCUT2D eigenvalue weighted by Gasteiger charge is 2.06. The highest BCUT2D eigenvalue weighted by molar-refractivity contribution is 6.84. The van der Waals surface area contributed by atoms with E-state index in [0.29, 0.717) is 0 Å². The third-order valence-electron chi connectivity index (χ3n) is 1.55. The fourth-order valence-electron chi connectivity index (χ4n) is 0.883. The Balaban J connectivity index is 2.65. The molecule has 15 heavy (non-hydrogen) atoms. The molecule has 1 aromatic carbocycles. The molecule has 0 radical (unpaired) electrons. The molecule has 0 spiro atoms. The lowest BCUT2D eigenvalue weighted by atomic mass is 10.3. The molecule has 0 heterocycles. The Labute approximate surface area is 97.2 Å². The second-order valence-electron chi connectivity index (χ2n) is 4.25. The molecule has 0 aliphatic heterocycles. The van der Waals surface area contributed by atoms with Crippen molar-refractivity contribution in [1.82, 2.24) is 0 Å². The van der Waals surface area contributed by atoms with Gasteiger partial charge in [0.2, 0.25) is 0 Å². The molecule has 0 N–H and O–H groups in total. The van der Waals surface area contributed by atoms with Gasteiger partial charge in [0, 0.05) is 5.02 Å². The van der Waals surface area contributed by atoms with Gasteiger partial charge in [-0.25, -0.2) is 4.99 Å². The van der Waals surface area contributed by atoms with Gasteiger partial charge in [-0.1, -0.05) is 37.2 Å². The molecule has 0 aliphatic rings. The van der Waals surface area contributed by atoms with Crippen LogP contribution in [-0.2, 0) is 0 Å². The Morgan fingerprint density at radius 3 is 2.33 bits per heavy atom. The van der Waals surface area contributed by atoms with Gasteiger partial charge in [-0.05, 0) is 24.3 Å². The smallest absolute Gasteiger partial charge is 0.129 e. The zero-order valence-electron chi connectivity index (χ0n) is 9.21. The highest BCUT2D eigenvalue weighted by Crippen LogP contribution is 2.15. The third-order valence-corrected chi connectivity index (χ3v) is 2.70. The second-order valence-corrected chi connectivity index (χ2v) is 9.44. The van der Waals surface area contributed by atoms with Crippen molar-refractivity contribution >= 4 is 31.6 Å². The lowest BCUT2D eigenvalue weighted by molar-refractivity contribution is 1.54. The summed E-state index contributed by atoms with van der Waals surface area (Å²) in [4.78, 5) is 4.22. The molecular weight excluding hydrogens is 222 g/mol. The van der Waals surface area contributed by atoms with Gasteiger partial charge in [-0.15, -0.1) is 5.54 Å². The lowest BCUT2D eigenvalue weighted by Gasteiger charge is -2.01. The minimum absolute atomic E-state index is 0.724. The quantitative estimate of drug-likeness (QED) is 0.398. The fraction of sp³-hybridized carbons (Fsp3) is 0.250. The Morgan fingerprint density at radius 2 is 1.80 bits per heavy atom. The van der Waals surface area contributed by atoms with E-state index in [1.165, 1.54) is 0 Å². The number of hydrogen-bond acceptors (Lipinski definition) is 1. The van der Waals surface area contributed by atoms with Crippen molar-refractivity contribution in [2.45, 2.75) is 19.6 Å². The largest absolute Gasteiger partial charge is 0.248 e. The number of aliphatic imine (C=N–C) groups is 1. The summed E-state index contributed by atoms with van der Waals surface area (Å²) in [5.41, 5.74) is 4.10. The maximum atomic E-state index is 5.76. The van der Waals surface area contributed by atoms with E-state index < -0.39 is 8.07 Å². The van der Waals surface area contributed by atoms with Gasteiger partial charge >= 0.3 is 0 Å². The molecule has 0 amide bonds. The minimum atomic E-state index is -1.28. The molecule has 0 fully saturated rings. The Morgan fingerprint density at radius 1 is 1.20 bits per heavy atom. The molecule has 0 unspecified atom stereocenters. The molecule has 1 nitrogen and oxygen atoms in total. The van der Waals surface area contributed by atoms with E-state index in [1.54, 1.807) is 6.21 Å². The van der Waals surface area contributed by atoms with Crippen molar-refractivity contribution in [3.63, 3.8) is 0 Å². The van der Waals surface area contributed by atoms with Crippen LogP contribution in [0.15, 0.2) is 29.3 Å². The fourth-order valence-corrected chi connectivity index (χ4v) is 1.51. The van der Waals surface area contributed by atoms with Gasteiger partial charge in [0.1, 0.15) is 8.07 Å². The number of nitrogens with zero attached hydrogens (tertiary/aromatic N) is 1. The van der Waals surface area contributed by atoms with E-state index in [4.69, 9.17) is 11.6 Å². The molecule has 0 atom stereocenters. The molecule has 0 saturated carbocycles. The van der Waals surface area contributed by atoms with Crippen LogP contribution in [0.1, 0.15) is 0 Å². The molecule has 78 valence electrons. The molecule has 1 aromatic rings. The number of hydrogen-bond donors (Lipinski definition) is 0. The summed E-state index contributed by atoms with van der Waals surface area (Å²) >= 11 is 5.76. The second kappa shape index (κ2) is 5.15. The van der Waals surface area contributed by atoms with Gasteiger partial charge in [0.05, 0.1) is 11.9 Å². The van der Waals surface area contributed by atoms with Crippen molar-refractivity contribution in [3.05, 3.63) is 29.3 Å². The molecule has 1 rings (SSSR count). The van der Waals surface area contributed by atoms with Crippen LogP contribution in [0.3, 0.4) is 0 Å². The van der Waals surface area contributed by atoms with Crippen molar-refractivity contribution < 1.29 is 0 Å². The van der Waals surface area contributed by atoms with Gasteiger partial charge in [-0.3, -0.25) is 0 Å². The standard InChI is InChI=1S/C12H14ClNSi/c1-15(2,3)10-4-9-14-12-7-5-11(13)6-8-12/h5-9H,1-3H3. The SMILES string of the molecule is C[Si](C)(C)C#CC=Nc1ccc(Cl)cc1. The van der Waals surface area contributed by atoms with Crippen LogP contribution < -0.4 is 0 Å². The van der Waals surface area contributed by atoms with E-state index in [0.717, 1.165) is 10.7 Å². The van der Waals surface area contributed by atoms with Gasteiger partial charge in [-0.2, -0.15) is 0 Å². The Kier molecular flexibility index (Phi) is 4.13. The number of benzene rings is 1. The van der Waals surface area contributed by atoms with Crippen LogP contribution in [0.4, 0.5) is 5.69 Å². The van der Waals surface area contributed by atoms with Crippen LogP contribution >= 0.6 is 11.6 Å². The van der Waals surface area contributed by atoms with Crippen LogP contribution in [0.5, 0.6) is 0 Å². The maximum Gasteiger partial charge on any atom is 0.129 e. The number of halogens is 1. The average molecular weight is 236 g/mol. The van der Waals surface area contributed by atoms with Gasteiger partial charge < -0.3 is 0 Å². The first-order valence-corrected chi connectivity index (χ1v) is 8.66. The minimum Gasteiger partial charge on any atom is -0.248 e. The van der Waals surface area contributed by atoms with Crippen molar-refractivity contribution in [2.24, 2.45) is 4.99 Å². The van der Waals surface area contributed by atoms with Crippen LogP contribution in [-0.4, -0.2) is 14.3 Å². The monoisotopic (exact) mass is 235 g/mol. The van der Waals surface area contributed by atoms with E-state index in [9.17, 15) is 0 Å². The summed E-state index contributed by atoms with van der Waals surface area (Å²) in [6.07, 6.45) is 1.65. The molecule has 0 aromatic heterocycles. The van der Waals surface area contributed by atoms with E-state index in [2.05, 4.69) is 36.1 Å². The van der Waals surface area contributed by atoms with Gasteiger partial charge in [0.25, 0.3) is 0 Å².